The lowest BCUT2D eigenvalue weighted by Crippen LogP contribution is -2.46. The number of amides is 2. The Labute approximate surface area is 177 Å². The molecule has 0 aromatic rings. The van der Waals surface area contributed by atoms with Crippen LogP contribution in [0.5, 0.6) is 0 Å². The van der Waals surface area contributed by atoms with Gasteiger partial charge in [-0.15, -0.1) is 9.42 Å². The predicted octanol–water partition coefficient (Wildman–Crippen LogP) is 1.89. The van der Waals surface area contributed by atoms with Crippen LogP contribution in [0, 0.1) is 5.41 Å². The number of carbonyl (C=O) groups excluding carboxylic acids is 3. The van der Waals surface area contributed by atoms with Crippen molar-refractivity contribution in [3.05, 3.63) is 0 Å². The molecule has 0 aliphatic carbocycles. The third-order valence-electron chi connectivity index (χ3n) is 4.11. The fourth-order valence-corrected chi connectivity index (χ4v) is 3.43. The monoisotopic (exact) mass is 453 g/mol. The van der Waals surface area contributed by atoms with E-state index in [0.717, 1.165) is 25.7 Å². The molecule has 0 heterocycles. The number of hydrogen-bond acceptors (Lipinski definition) is 7. The van der Waals surface area contributed by atoms with Gasteiger partial charge in [-0.25, -0.2) is 0 Å². The summed E-state index contributed by atoms with van der Waals surface area (Å²) in [6.45, 7) is 5.28. The van der Waals surface area contributed by atoms with Gasteiger partial charge in [-0.2, -0.15) is 0 Å². The molecule has 0 aliphatic rings. The average Bonchev–Trinajstić information content (AvgIpc) is 2.66. The van der Waals surface area contributed by atoms with Crippen LogP contribution in [0.1, 0.15) is 59.3 Å². The van der Waals surface area contributed by atoms with Gasteiger partial charge >= 0.3 is 8.25 Å². The van der Waals surface area contributed by atoms with Gasteiger partial charge in [0.15, 0.2) is 5.12 Å². The molecule has 11 heteroatoms. The molecule has 0 spiro atoms. The van der Waals surface area contributed by atoms with Crippen molar-refractivity contribution in [3.8, 4) is 0 Å². The van der Waals surface area contributed by atoms with Crippen molar-refractivity contribution in [1.29, 1.82) is 0 Å². The van der Waals surface area contributed by atoms with Gasteiger partial charge in [0.05, 0.1) is 0 Å². The first-order valence-corrected chi connectivity index (χ1v) is 11.9. The second-order valence-electron chi connectivity index (χ2n) is 7.32. The summed E-state index contributed by atoms with van der Waals surface area (Å²) in [6.07, 6.45) is 3.36. The lowest BCUT2D eigenvalue weighted by molar-refractivity contribution is -0.136. The second-order valence-corrected chi connectivity index (χ2v) is 9.21. The van der Waals surface area contributed by atoms with Crippen molar-refractivity contribution in [1.82, 2.24) is 10.6 Å². The van der Waals surface area contributed by atoms with Crippen LogP contribution in [0.4, 0.5) is 0 Å². The minimum Gasteiger partial charge on any atom is -0.383 e. The van der Waals surface area contributed by atoms with E-state index < -0.39 is 25.7 Å². The molecule has 168 valence electrons. The molecular weight excluding hydrogens is 419 g/mol. The Bertz CT molecular complexity index is 546. The maximum atomic E-state index is 12.0. The summed E-state index contributed by atoms with van der Waals surface area (Å²) in [7, 11) is -2.81. The number of thioether (sulfide) groups is 1. The van der Waals surface area contributed by atoms with Crippen molar-refractivity contribution >= 4 is 36.9 Å². The van der Waals surface area contributed by atoms with Crippen molar-refractivity contribution < 1.29 is 33.5 Å². The maximum absolute atomic E-state index is 12.0. The summed E-state index contributed by atoms with van der Waals surface area (Å²) >= 11 is 1.21. The Hall–Kier alpha value is -1.06. The molecule has 0 aromatic heterocycles. The fourth-order valence-electron chi connectivity index (χ4n) is 2.26. The van der Waals surface area contributed by atoms with Gasteiger partial charge in [0, 0.05) is 41.7 Å². The number of carbonyl (C=O) groups is 3. The highest BCUT2D eigenvalue weighted by molar-refractivity contribution is 8.13. The van der Waals surface area contributed by atoms with Crippen LogP contribution in [-0.4, -0.2) is 58.5 Å². The van der Waals surface area contributed by atoms with Crippen LogP contribution in [0.2, 0.25) is 0 Å². The molecule has 0 aromatic carbocycles. The molecule has 2 atom stereocenters. The van der Waals surface area contributed by atoms with E-state index in [9.17, 15) is 24.1 Å². The molecule has 0 radical (unpaired) electrons. The Morgan fingerprint density at radius 3 is 2.41 bits per heavy atom. The Morgan fingerprint density at radius 1 is 1.10 bits per heavy atom. The number of aliphatic hydroxyl groups excluding tert-OH is 1. The van der Waals surface area contributed by atoms with Crippen LogP contribution in [0.15, 0.2) is 0 Å². The number of nitrogens with one attached hydrogen (secondary N) is 2. The third-order valence-corrected chi connectivity index (χ3v) is 5.39. The highest BCUT2D eigenvalue weighted by atomic mass is 32.2. The van der Waals surface area contributed by atoms with Crippen LogP contribution in [-0.2, 0) is 23.5 Å². The Kier molecular flexibility index (Phi) is 15.2. The van der Waals surface area contributed by atoms with Gasteiger partial charge in [-0.3, -0.25) is 14.4 Å². The predicted molar refractivity (Wildman–Crippen MR) is 112 cm³/mol. The largest absolute Gasteiger partial charge is 0.694 e. The highest BCUT2D eigenvalue weighted by Crippen LogP contribution is 2.26. The molecule has 0 saturated carbocycles. The van der Waals surface area contributed by atoms with E-state index in [1.807, 2.05) is 0 Å². The number of rotatable bonds is 16. The molecule has 2 amide bonds. The quantitative estimate of drug-likeness (QED) is 0.205. The van der Waals surface area contributed by atoms with Crippen molar-refractivity contribution in [2.75, 3.05) is 25.4 Å². The van der Waals surface area contributed by atoms with Crippen LogP contribution < -0.4 is 10.6 Å². The minimum atomic E-state index is -2.81. The zero-order valence-corrected chi connectivity index (χ0v) is 19.2. The van der Waals surface area contributed by atoms with Gasteiger partial charge in [0.2, 0.25) is 11.8 Å². The topological polar surface area (TPSA) is 142 Å². The second kappa shape index (κ2) is 15.7. The molecule has 0 saturated heterocycles. The van der Waals surface area contributed by atoms with Gasteiger partial charge < -0.3 is 15.7 Å². The standard InChI is InChI=1S/C18H33N2O7PS/c1-4-5-6-7-8-15(22)29-12-11-19-14(21)9-10-20-17(24)16(23)18(2,3)13-27-28(25)26/h16,23H,4-13H2,1-3H3,(H2-,19,20,21,24,25,26)/p+1/t16-/m1/s1. The zero-order chi connectivity index (χ0) is 22.3. The lowest BCUT2D eigenvalue weighted by atomic mass is 9.87. The molecule has 4 N–H and O–H groups in total. The minimum absolute atomic E-state index is 0.0352. The maximum Gasteiger partial charge on any atom is 0.694 e. The highest BCUT2D eigenvalue weighted by Gasteiger charge is 2.36. The number of aliphatic hydroxyl groups is 1. The SMILES string of the molecule is CCCCCCC(=O)SCCNC(=O)CCNC(=O)[C@@H](O)C(C)(C)CO[P+](=O)O. The Morgan fingerprint density at radius 2 is 1.79 bits per heavy atom. The normalized spacial score (nSPS) is 12.9. The third kappa shape index (κ3) is 14.5. The first-order chi connectivity index (χ1) is 13.6. The molecule has 0 fully saturated rings. The van der Waals surface area contributed by atoms with Crippen LogP contribution >= 0.6 is 20.0 Å². The smallest absolute Gasteiger partial charge is 0.383 e. The van der Waals surface area contributed by atoms with Crippen LogP contribution in [0.3, 0.4) is 0 Å². The first kappa shape index (κ1) is 27.9. The van der Waals surface area contributed by atoms with Crippen molar-refractivity contribution in [2.24, 2.45) is 5.41 Å². The molecule has 0 aliphatic heterocycles. The first-order valence-electron chi connectivity index (χ1n) is 9.77. The molecule has 1 unspecified atom stereocenters. The molecule has 0 bridgehead atoms. The number of unbranched alkanes of at least 4 members (excludes halogenated alkanes) is 3. The van der Waals surface area contributed by atoms with E-state index >= 15 is 0 Å². The lowest BCUT2D eigenvalue weighted by Gasteiger charge is -2.26. The van der Waals surface area contributed by atoms with Crippen molar-refractivity contribution in [3.63, 3.8) is 0 Å². The number of hydrogen-bond donors (Lipinski definition) is 4. The van der Waals surface area contributed by atoms with Crippen molar-refractivity contribution in [2.45, 2.75) is 65.4 Å². The van der Waals surface area contributed by atoms with E-state index in [0.29, 0.717) is 18.7 Å². The zero-order valence-electron chi connectivity index (χ0n) is 17.4. The summed E-state index contributed by atoms with van der Waals surface area (Å²) in [5.74, 6) is -0.454. The van der Waals surface area contributed by atoms with E-state index in [2.05, 4.69) is 22.1 Å². The van der Waals surface area contributed by atoms with Crippen LogP contribution in [0.25, 0.3) is 0 Å². The molecule has 9 nitrogen and oxygen atoms in total. The summed E-state index contributed by atoms with van der Waals surface area (Å²) in [5.41, 5.74) is -1.07. The average molecular weight is 454 g/mol. The van der Waals surface area contributed by atoms with Gasteiger partial charge in [-0.1, -0.05) is 51.8 Å². The van der Waals surface area contributed by atoms with E-state index in [1.54, 1.807) is 0 Å². The summed E-state index contributed by atoms with van der Waals surface area (Å²) in [5, 5.41) is 15.3. The van der Waals surface area contributed by atoms with Gasteiger partial charge in [-0.05, 0) is 6.42 Å². The Balaban J connectivity index is 3.91. The molecule has 0 rings (SSSR count). The fraction of sp³-hybridized carbons (Fsp3) is 0.833. The van der Waals surface area contributed by atoms with E-state index in [-0.39, 0.29) is 30.6 Å². The summed E-state index contributed by atoms with van der Waals surface area (Å²) in [4.78, 5) is 44.0. The molecule has 29 heavy (non-hydrogen) atoms. The van der Waals surface area contributed by atoms with Gasteiger partial charge in [0.25, 0.3) is 0 Å². The molecular formula is C18H34N2O7PS+. The summed E-state index contributed by atoms with van der Waals surface area (Å²) in [6, 6.07) is 0. The summed E-state index contributed by atoms with van der Waals surface area (Å²) < 4.78 is 15.1. The van der Waals surface area contributed by atoms with E-state index in [1.165, 1.54) is 25.6 Å². The van der Waals surface area contributed by atoms with Gasteiger partial charge in [0.1, 0.15) is 12.7 Å². The van der Waals surface area contributed by atoms with E-state index in [4.69, 9.17) is 4.89 Å².